The summed E-state index contributed by atoms with van der Waals surface area (Å²) in [6.45, 7) is 3.90. The van der Waals surface area contributed by atoms with Crippen LogP contribution >= 0.6 is 0 Å². The van der Waals surface area contributed by atoms with Crippen molar-refractivity contribution in [2.24, 2.45) is 0 Å². The summed E-state index contributed by atoms with van der Waals surface area (Å²) in [6, 6.07) is 5.52. The first-order valence-corrected chi connectivity index (χ1v) is 7.27. The molecule has 0 atom stereocenters. The Morgan fingerprint density at radius 3 is 2.54 bits per heavy atom. The second kappa shape index (κ2) is 6.03. The molecule has 0 radical (unpaired) electrons. The zero-order chi connectivity index (χ0) is 17.4. The molecule has 0 aliphatic carbocycles. The Hall–Kier alpha value is -2.76. The van der Waals surface area contributed by atoms with Gasteiger partial charge < -0.3 is 9.73 Å². The van der Waals surface area contributed by atoms with E-state index in [9.17, 15) is 18.0 Å². The highest BCUT2D eigenvalue weighted by atomic mass is 19.2. The number of furan rings is 1. The monoisotopic (exact) mass is 333 g/mol. The molecule has 0 aliphatic heterocycles. The molecule has 0 aliphatic rings. The van der Waals surface area contributed by atoms with Gasteiger partial charge in [-0.1, -0.05) is 0 Å². The Labute approximate surface area is 136 Å². The van der Waals surface area contributed by atoms with Crippen molar-refractivity contribution in [2.45, 2.75) is 20.3 Å². The van der Waals surface area contributed by atoms with Crippen molar-refractivity contribution < 1.29 is 22.4 Å². The van der Waals surface area contributed by atoms with Crippen LogP contribution in [0.5, 0.6) is 0 Å². The molecule has 24 heavy (non-hydrogen) atoms. The van der Waals surface area contributed by atoms with E-state index in [1.54, 1.807) is 0 Å². The maximum Gasteiger partial charge on any atom is 0.229 e. The van der Waals surface area contributed by atoms with Gasteiger partial charge in [0.05, 0.1) is 18.4 Å². The van der Waals surface area contributed by atoms with Gasteiger partial charge in [-0.2, -0.15) is 0 Å². The first-order chi connectivity index (χ1) is 11.4. The van der Waals surface area contributed by atoms with Crippen LogP contribution in [0, 0.1) is 31.3 Å². The van der Waals surface area contributed by atoms with E-state index in [0.29, 0.717) is 11.1 Å². The van der Waals surface area contributed by atoms with Crippen LogP contribution in [0.3, 0.4) is 0 Å². The number of fused-ring (bicyclic) bond motifs is 1. The number of anilines is 1. The van der Waals surface area contributed by atoms with Crippen molar-refractivity contribution in [3.63, 3.8) is 0 Å². The highest BCUT2D eigenvalue weighted by molar-refractivity contribution is 5.95. The molecule has 3 aromatic rings. The average molecular weight is 333 g/mol. The molecule has 1 aromatic heterocycles. The zero-order valence-corrected chi connectivity index (χ0v) is 13.0. The maximum atomic E-state index is 13.6. The number of hydrogen-bond acceptors (Lipinski definition) is 2. The Morgan fingerprint density at radius 1 is 1.08 bits per heavy atom. The second-order valence-electron chi connectivity index (χ2n) is 5.64. The van der Waals surface area contributed by atoms with E-state index in [0.717, 1.165) is 28.6 Å². The van der Waals surface area contributed by atoms with E-state index in [1.807, 2.05) is 26.0 Å². The second-order valence-corrected chi connectivity index (χ2v) is 5.64. The molecule has 0 saturated heterocycles. The topological polar surface area (TPSA) is 42.2 Å². The van der Waals surface area contributed by atoms with Gasteiger partial charge >= 0.3 is 0 Å². The first kappa shape index (κ1) is 16.1. The number of amides is 1. The van der Waals surface area contributed by atoms with Crippen molar-refractivity contribution in [3.05, 3.63) is 64.7 Å². The van der Waals surface area contributed by atoms with Crippen LogP contribution in [-0.2, 0) is 11.2 Å². The van der Waals surface area contributed by atoms with Crippen LogP contribution in [0.1, 0.15) is 16.7 Å². The molecule has 0 spiro atoms. The van der Waals surface area contributed by atoms with Crippen molar-refractivity contribution in [1.29, 1.82) is 0 Å². The van der Waals surface area contributed by atoms with Gasteiger partial charge in [-0.25, -0.2) is 13.2 Å². The number of rotatable bonds is 3. The fraction of sp³-hybridized carbons (Fsp3) is 0.167. The summed E-state index contributed by atoms with van der Waals surface area (Å²) < 4.78 is 45.1. The van der Waals surface area contributed by atoms with Crippen molar-refractivity contribution in [2.75, 3.05) is 5.32 Å². The predicted molar refractivity (Wildman–Crippen MR) is 84.3 cm³/mol. The molecule has 0 saturated carbocycles. The first-order valence-electron chi connectivity index (χ1n) is 7.27. The lowest BCUT2D eigenvalue weighted by atomic mass is 10.0. The molecule has 1 amide bonds. The summed E-state index contributed by atoms with van der Waals surface area (Å²) in [4.78, 5) is 12.1. The Kier molecular flexibility index (Phi) is 4.05. The highest BCUT2D eigenvalue weighted by Gasteiger charge is 2.17. The number of carbonyl (C=O) groups is 1. The number of halogens is 3. The summed E-state index contributed by atoms with van der Waals surface area (Å²) in [6.07, 6.45) is 1.39. The van der Waals surface area contributed by atoms with Gasteiger partial charge in [0, 0.05) is 10.9 Å². The van der Waals surface area contributed by atoms with Gasteiger partial charge in [0.1, 0.15) is 5.58 Å². The Balaban J connectivity index is 1.83. The molecular weight excluding hydrogens is 319 g/mol. The van der Waals surface area contributed by atoms with Crippen molar-refractivity contribution >= 4 is 22.6 Å². The summed E-state index contributed by atoms with van der Waals surface area (Å²) in [5, 5.41) is 3.04. The summed E-state index contributed by atoms with van der Waals surface area (Å²) in [5.74, 6) is -4.91. The minimum Gasteiger partial charge on any atom is -0.464 e. The van der Waals surface area contributed by atoms with Gasteiger partial charge in [0.25, 0.3) is 0 Å². The van der Waals surface area contributed by atoms with Crippen LogP contribution in [0.15, 0.2) is 34.9 Å². The largest absolute Gasteiger partial charge is 0.464 e. The quantitative estimate of drug-likeness (QED) is 0.709. The van der Waals surface area contributed by atoms with Crippen LogP contribution in [0.4, 0.5) is 18.9 Å². The smallest absolute Gasteiger partial charge is 0.229 e. The van der Waals surface area contributed by atoms with E-state index in [4.69, 9.17) is 4.42 Å². The lowest BCUT2D eigenvalue weighted by molar-refractivity contribution is -0.115. The third kappa shape index (κ3) is 2.87. The zero-order valence-electron chi connectivity index (χ0n) is 13.0. The molecule has 3 rings (SSSR count). The minimum absolute atomic E-state index is 0.0755. The summed E-state index contributed by atoms with van der Waals surface area (Å²) >= 11 is 0. The number of nitrogens with one attached hydrogen (secondary N) is 1. The van der Waals surface area contributed by atoms with E-state index < -0.39 is 29.0 Å². The third-order valence-electron chi connectivity index (χ3n) is 3.93. The molecule has 3 nitrogen and oxygen atoms in total. The van der Waals surface area contributed by atoms with Crippen LogP contribution in [0.25, 0.3) is 11.0 Å². The molecule has 2 aromatic carbocycles. The third-order valence-corrected chi connectivity index (χ3v) is 3.93. The van der Waals surface area contributed by atoms with E-state index in [1.165, 1.54) is 6.26 Å². The summed E-state index contributed by atoms with van der Waals surface area (Å²) in [7, 11) is 0. The van der Waals surface area contributed by atoms with Gasteiger partial charge in [-0.15, -0.1) is 0 Å². The lowest BCUT2D eigenvalue weighted by Crippen LogP contribution is -2.16. The van der Waals surface area contributed by atoms with Gasteiger partial charge in [-0.05, 0) is 49.2 Å². The highest BCUT2D eigenvalue weighted by Crippen LogP contribution is 2.26. The van der Waals surface area contributed by atoms with Crippen molar-refractivity contribution in [3.8, 4) is 0 Å². The molecule has 0 fully saturated rings. The number of benzene rings is 2. The van der Waals surface area contributed by atoms with E-state index >= 15 is 0 Å². The molecule has 1 heterocycles. The van der Waals surface area contributed by atoms with Gasteiger partial charge in [0.15, 0.2) is 17.5 Å². The fourth-order valence-corrected chi connectivity index (χ4v) is 2.46. The number of aryl methyl sites for hydroxylation is 2. The average Bonchev–Trinajstić information content (AvgIpc) is 2.90. The minimum atomic E-state index is -1.62. The number of carbonyl (C=O) groups excluding carboxylic acids is 1. The molecule has 1 N–H and O–H groups in total. The van der Waals surface area contributed by atoms with Gasteiger partial charge in [-0.3, -0.25) is 4.79 Å². The maximum absolute atomic E-state index is 13.6. The van der Waals surface area contributed by atoms with Crippen LogP contribution in [0.2, 0.25) is 0 Å². The van der Waals surface area contributed by atoms with Crippen LogP contribution in [-0.4, -0.2) is 5.91 Å². The predicted octanol–water partition coefficient (Wildman–Crippen LogP) is 4.65. The Morgan fingerprint density at radius 2 is 1.79 bits per heavy atom. The molecule has 124 valence electrons. The standard InChI is InChI=1S/C18H14F3NO2/c1-9-5-12-11(8-24-15(12)6-10(9)2)7-16(23)22-14-4-3-13(19)17(20)18(14)21/h3-6,8H,7H2,1-2H3,(H,22,23). The SMILES string of the molecule is Cc1cc2occ(CC(=O)Nc3ccc(F)c(F)c3F)c2cc1C. The number of hydrogen-bond donors (Lipinski definition) is 1. The Bertz CT molecular complexity index is 947. The van der Waals surface area contributed by atoms with Crippen LogP contribution < -0.4 is 5.32 Å². The molecular formula is C18H14F3NO2. The van der Waals surface area contributed by atoms with Gasteiger partial charge in [0.2, 0.25) is 5.91 Å². The molecule has 6 heteroatoms. The normalized spacial score (nSPS) is 11.0. The van der Waals surface area contributed by atoms with E-state index in [2.05, 4.69) is 5.32 Å². The molecule has 0 unspecified atom stereocenters. The van der Waals surface area contributed by atoms with E-state index in [-0.39, 0.29) is 6.42 Å². The molecule has 0 bridgehead atoms. The summed E-state index contributed by atoms with van der Waals surface area (Å²) in [5.41, 5.74) is 3.00. The van der Waals surface area contributed by atoms with Crippen molar-refractivity contribution in [1.82, 2.24) is 0 Å². The lowest BCUT2D eigenvalue weighted by Gasteiger charge is -2.07. The fourth-order valence-electron chi connectivity index (χ4n) is 2.46.